The molecular formula is C19H25ClN2O. The zero-order valence-electron chi connectivity index (χ0n) is 13.4. The molecule has 4 saturated carbocycles. The van der Waals surface area contributed by atoms with Crippen LogP contribution < -0.4 is 10.6 Å². The first-order valence-electron chi connectivity index (χ1n) is 8.89. The van der Waals surface area contributed by atoms with Gasteiger partial charge in [0.15, 0.2) is 0 Å². The molecule has 3 nitrogen and oxygen atoms in total. The number of carbonyl (C=O) groups is 1. The fourth-order valence-electron chi connectivity index (χ4n) is 5.83. The van der Waals surface area contributed by atoms with Crippen molar-refractivity contribution in [3.05, 3.63) is 34.9 Å². The Labute approximate surface area is 144 Å². The lowest BCUT2D eigenvalue weighted by Crippen LogP contribution is -2.55. The molecule has 0 saturated heterocycles. The van der Waals surface area contributed by atoms with Crippen molar-refractivity contribution in [1.29, 1.82) is 0 Å². The topological polar surface area (TPSA) is 41.1 Å². The van der Waals surface area contributed by atoms with E-state index in [1.54, 1.807) is 0 Å². The Bertz CT molecular complexity index is 602. The molecule has 1 amide bonds. The highest BCUT2D eigenvalue weighted by Gasteiger charge is 2.48. The fraction of sp³-hybridized carbons (Fsp3) is 0.632. The molecule has 0 atom stereocenters. The van der Waals surface area contributed by atoms with Crippen LogP contribution in [0, 0.1) is 23.7 Å². The van der Waals surface area contributed by atoms with Gasteiger partial charge in [-0.15, -0.1) is 12.4 Å². The number of carbonyl (C=O) groups excluding carboxylic acids is 1. The molecule has 1 aromatic rings. The summed E-state index contributed by atoms with van der Waals surface area (Å²) in [4.78, 5) is 12.7. The van der Waals surface area contributed by atoms with Crippen LogP contribution in [0.15, 0.2) is 18.2 Å². The minimum Gasteiger partial charge on any atom is -0.349 e. The van der Waals surface area contributed by atoms with Crippen LogP contribution in [0.4, 0.5) is 0 Å². The molecule has 1 aliphatic heterocycles. The number of nitrogens with one attached hydrogen (secondary N) is 2. The maximum atomic E-state index is 12.7. The average Bonchev–Trinajstić information content (AvgIpc) is 2.97. The van der Waals surface area contributed by atoms with Crippen LogP contribution >= 0.6 is 12.4 Å². The Morgan fingerprint density at radius 2 is 1.61 bits per heavy atom. The van der Waals surface area contributed by atoms with E-state index >= 15 is 0 Å². The number of hydrogen-bond acceptors (Lipinski definition) is 2. The van der Waals surface area contributed by atoms with Gasteiger partial charge < -0.3 is 10.6 Å². The van der Waals surface area contributed by atoms with E-state index < -0.39 is 0 Å². The van der Waals surface area contributed by atoms with Crippen molar-refractivity contribution in [1.82, 2.24) is 10.6 Å². The van der Waals surface area contributed by atoms with Gasteiger partial charge >= 0.3 is 0 Å². The first-order valence-corrected chi connectivity index (χ1v) is 8.89. The quantitative estimate of drug-likeness (QED) is 0.872. The molecule has 5 aliphatic rings. The van der Waals surface area contributed by atoms with Gasteiger partial charge in [-0.2, -0.15) is 0 Å². The smallest absolute Gasteiger partial charge is 0.251 e. The highest BCUT2D eigenvalue weighted by Crippen LogP contribution is 2.53. The van der Waals surface area contributed by atoms with Crippen molar-refractivity contribution in [2.24, 2.45) is 23.7 Å². The van der Waals surface area contributed by atoms with E-state index in [9.17, 15) is 4.79 Å². The van der Waals surface area contributed by atoms with Gasteiger partial charge in [0.05, 0.1) is 0 Å². The zero-order valence-corrected chi connectivity index (χ0v) is 14.2. The second kappa shape index (κ2) is 5.78. The van der Waals surface area contributed by atoms with E-state index in [1.807, 2.05) is 6.07 Å². The summed E-state index contributed by atoms with van der Waals surface area (Å²) < 4.78 is 0. The molecule has 124 valence electrons. The van der Waals surface area contributed by atoms with Gasteiger partial charge in [-0.25, -0.2) is 0 Å². The van der Waals surface area contributed by atoms with E-state index in [-0.39, 0.29) is 18.3 Å². The highest BCUT2D eigenvalue weighted by atomic mass is 35.5. The molecule has 0 spiro atoms. The van der Waals surface area contributed by atoms with Gasteiger partial charge in [0, 0.05) is 24.7 Å². The number of amides is 1. The molecule has 0 unspecified atom stereocenters. The number of halogens is 1. The first kappa shape index (κ1) is 15.5. The third-order valence-electron chi connectivity index (χ3n) is 6.62. The molecule has 0 aromatic heterocycles. The van der Waals surface area contributed by atoms with Crippen molar-refractivity contribution < 1.29 is 4.79 Å². The summed E-state index contributed by atoms with van der Waals surface area (Å²) in [6, 6.07) is 6.63. The standard InChI is InChI=1S/C19H24N2O.ClH/c22-19(13-1-2-14-9-20-10-17(14)8-13)21-18-15-4-11-3-12(6-15)7-16(18)5-11;/h1-2,8,11-12,15-16,18,20H,3-7,9-10H2,(H,21,22);1H. The number of hydrogen-bond donors (Lipinski definition) is 2. The molecule has 2 N–H and O–H groups in total. The lowest BCUT2D eigenvalue weighted by Gasteiger charge is -2.54. The summed E-state index contributed by atoms with van der Waals surface area (Å²) in [5.41, 5.74) is 3.47. The van der Waals surface area contributed by atoms with Gasteiger partial charge in [0.2, 0.25) is 0 Å². The molecule has 4 bridgehead atoms. The first-order chi connectivity index (χ1) is 10.8. The van der Waals surface area contributed by atoms with Crippen LogP contribution in [0.25, 0.3) is 0 Å². The highest BCUT2D eigenvalue weighted by molar-refractivity contribution is 5.94. The predicted molar refractivity (Wildman–Crippen MR) is 92.5 cm³/mol. The molecule has 0 radical (unpaired) electrons. The van der Waals surface area contributed by atoms with Crippen molar-refractivity contribution >= 4 is 18.3 Å². The van der Waals surface area contributed by atoms with Crippen LogP contribution in [0.5, 0.6) is 0 Å². The largest absolute Gasteiger partial charge is 0.349 e. The fourth-order valence-corrected chi connectivity index (χ4v) is 5.83. The van der Waals surface area contributed by atoms with Crippen LogP contribution in [0.1, 0.15) is 53.6 Å². The lowest BCUT2D eigenvalue weighted by atomic mass is 9.54. The Hall–Kier alpha value is -1.06. The minimum absolute atomic E-state index is 0. The Kier molecular flexibility index (Phi) is 3.89. The third kappa shape index (κ3) is 2.58. The van der Waals surface area contributed by atoms with Crippen LogP contribution in [-0.4, -0.2) is 11.9 Å². The monoisotopic (exact) mass is 332 g/mol. The van der Waals surface area contributed by atoms with Gasteiger partial charge in [-0.1, -0.05) is 6.07 Å². The molecular weight excluding hydrogens is 308 g/mol. The molecule has 1 aromatic carbocycles. The molecule has 4 heteroatoms. The van der Waals surface area contributed by atoms with Gasteiger partial charge in [0.25, 0.3) is 5.91 Å². The lowest BCUT2D eigenvalue weighted by molar-refractivity contribution is -0.0119. The second-order valence-corrected chi connectivity index (χ2v) is 8.02. The van der Waals surface area contributed by atoms with E-state index in [4.69, 9.17) is 0 Å². The Morgan fingerprint density at radius 3 is 2.30 bits per heavy atom. The molecule has 6 rings (SSSR count). The summed E-state index contributed by atoms with van der Waals surface area (Å²) in [6.45, 7) is 1.83. The third-order valence-corrected chi connectivity index (χ3v) is 6.62. The van der Waals surface area contributed by atoms with E-state index in [0.717, 1.165) is 42.3 Å². The second-order valence-electron chi connectivity index (χ2n) is 8.02. The van der Waals surface area contributed by atoms with E-state index in [0.29, 0.717) is 6.04 Å². The van der Waals surface area contributed by atoms with E-state index in [1.165, 1.54) is 43.2 Å². The zero-order chi connectivity index (χ0) is 14.7. The Morgan fingerprint density at radius 1 is 0.957 bits per heavy atom. The molecule has 4 fully saturated rings. The van der Waals surface area contributed by atoms with Crippen LogP contribution in [0.3, 0.4) is 0 Å². The molecule has 1 heterocycles. The van der Waals surface area contributed by atoms with Gasteiger partial charge in [0.1, 0.15) is 0 Å². The summed E-state index contributed by atoms with van der Waals surface area (Å²) in [6.07, 6.45) is 6.88. The maximum absolute atomic E-state index is 12.7. The SMILES string of the molecule is Cl.O=C(NC1C2CC3CC(C2)CC1C3)c1ccc2c(c1)CNC2. The minimum atomic E-state index is 0. The van der Waals surface area contributed by atoms with Crippen molar-refractivity contribution in [3.63, 3.8) is 0 Å². The Balaban J connectivity index is 0.00000135. The number of rotatable bonds is 2. The van der Waals surface area contributed by atoms with Gasteiger partial charge in [-0.3, -0.25) is 4.79 Å². The van der Waals surface area contributed by atoms with Crippen molar-refractivity contribution in [3.8, 4) is 0 Å². The van der Waals surface area contributed by atoms with E-state index in [2.05, 4.69) is 22.8 Å². The maximum Gasteiger partial charge on any atom is 0.251 e. The predicted octanol–water partition coefficient (Wildman–Crippen LogP) is 3.27. The number of fused-ring (bicyclic) bond motifs is 1. The summed E-state index contributed by atoms with van der Waals surface area (Å²) in [7, 11) is 0. The van der Waals surface area contributed by atoms with Crippen molar-refractivity contribution in [2.45, 2.75) is 51.2 Å². The average molecular weight is 333 g/mol. The summed E-state index contributed by atoms with van der Waals surface area (Å²) in [5, 5.41) is 6.76. The van der Waals surface area contributed by atoms with Crippen molar-refractivity contribution in [2.75, 3.05) is 0 Å². The molecule has 23 heavy (non-hydrogen) atoms. The number of benzene rings is 1. The van der Waals surface area contributed by atoms with Crippen LogP contribution in [0.2, 0.25) is 0 Å². The molecule has 4 aliphatic carbocycles. The summed E-state index contributed by atoms with van der Waals surface area (Å²) >= 11 is 0. The van der Waals surface area contributed by atoms with Crippen LogP contribution in [-0.2, 0) is 13.1 Å². The normalized spacial score (nSPS) is 36.4. The summed E-state index contributed by atoms with van der Waals surface area (Å²) in [5.74, 6) is 3.56. The van der Waals surface area contributed by atoms with Gasteiger partial charge in [-0.05, 0) is 79.0 Å².